The van der Waals surface area contributed by atoms with Crippen molar-refractivity contribution in [2.24, 2.45) is 5.92 Å². The third-order valence-electron chi connectivity index (χ3n) is 3.69. The van der Waals surface area contributed by atoms with E-state index in [0.29, 0.717) is 12.0 Å². The van der Waals surface area contributed by atoms with Crippen LogP contribution in [0.5, 0.6) is 5.75 Å². The van der Waals surface area contributed by atoms with Gasteiger partial charge >= 0.3 is 0 Å². The van der Waals surface area contributed by atoms with Crippen LogP contribution in [0, 0.1) is 5.92 Å². The van der Waals surface area contributed by atoms with Gasteiger partial charge in [-0.1, -0.05) is 29.8 Å². The minimum Gasteiger partial charge on any atom is -0.497 e. The highest BCUT2D eigenvalue weighted by Crippen LogP contribution is 2.28. The fourth-order valence-electron chi connectivity index (χ4n) is 2.48. The van der Waals surface area contributed by atoms with Crippen molar-refractivity contribution in [3.63, 3.8) is 0 Å². The lowest BCUT2D eigenvalue weighted by atomic mass is 10.0. The molecule has 0 saturated carbocycles. The number of hydrogen-bond acceptors (Lipinski definition) is 3. The molecule has 1 aromatic rings. The van der Waals surface area contributed by atoms with Crippen LogP contribution >= 0.6 is 15.9 Å². The highest BCUT2D eigenvalue weighted by Gasteiger charge is 2.20. The van der Waals surface area contributed by atoms with Gasteiger partial charge in [0.25, 0.3) is 0 Å². The van der Waals surface area contributed by atoms with E-state index in [1.54, 1.807) is 7.11 Å². The first-order valence-electron chi connectivity index (χ1n) is 6.93. The molecule has 1 saturated heterocycles. The standard InChI is InChI=1S/C15H23BrN2O/c1-11(2)15-10-18(6-4-5-17-15)13-7-12(16)8-14(9-13)19-3/h7-9,11,15,17H,4-6,10H2,1-3H3. The number of nitrogens with zero attached hydrogens (tertiary/aromatic N) is 1. The fraction of sp³-hybridized carbons (Fsp3) is 0.600. The zero-order valence-electron chi connectivity index (χ0n) is 11.9. The van der Waals surface area contributed by atoms with Crippen molar-refractivity contribution in [2.45, 2.75) is 26.3 Å². The molecule has 2 rings (SSSR count). The Morgan fingerprint density at radius 3 is 2.84 bits per heavy atom. The first-order valence-corrected chi connectivity index (χ1v) is 7.72. The van der Waals surface area contributed by atoms with Gasteiger partial charge in [-0.2, -0.15) is 0 Å². The normalized spacial score (nSPS) is 20.5. The second kappa shape index (κ2) is 6.62. The van der Waals surface area contributed by atoms with E-state index in [1.807, 2.05) is 6.07 Å². The number of hydrogen-bond donors (Lipinski definition) is 1. The van der Waals surface area contributed by atoms with Gasteiger partial charge in [0, 0.05) is 35.4 Å². The number of methoxy groups -OCH3 is 1. The van der Waals surface area contributed by atoms with Gasteiger partial charge in [0.15, 0.2) is 0 Å². The van der Waals surface area contributed by atoms with Crippen LogP contribution in [0.4, 0.5) is 5.69 Å². The van der Waals surface area contributed by atoms with Crippen LogP contribution in [0.15, 0.2) is 22.7 Å². The SMILES string of the molecule is COc1cc(Br)cc(N2CCCNC(C(C)C)C2)c1. The van der Waals surface area contributed by atoms with Crippen LogP contribution in [0.2, 0.25) is 0 Å². The molecule has 1 aliphatic rings. The summed E-state index contributed by atoms with van der Waals surface area (Å²) in [5.74, 6) is 1.55. The molecule has 1 fully saturated rings. The number of ether oxygens (including phenoxy) is 1. The highest BCUT2D eigenvalue weighted by molar-refractivity contribution is 9.10. The predicted molar refractivity (Wildman–Crippen MR) is 84.2 cm³/mol. The minimum atomic E-state index is 0.549. The first-order chi connectivity index (χ1) is 9.10. The second-order valence-corrected chi connectivity index (χ2v) is 6.37. The summed E-state index contributed by atoms with van der Waals surface area (Å²) in [7, 11) is 1.71. The molecule has 4 heteroatoms. The van der Waals surface area contributed by atoms with E-state index in [2.05, 4.69) is 52.1 Å². The Morgan fingerprint density at radius 2 is 2.16 bits per heavy atom. The summed E-state index contributed by atoms with van der Waals surface area (Å²) in [6.45, 7) is 7.81. The number of rotatable bonds is 3. The Morgan fingerprint density at radius 1 is 1.37 bits per heavy atom. The van der Waals surface area contributed by atoms with Crippen molar-refractivity contribution >= 4 is 21.6 Å². The van der Waals surface area contributed by atoms with Crippen LogP contribution < -0.4 is 15.0 Å². The van der Waals surface area contributed by atoms with E-state index in [9.17, 15) is 0 Å². The summed E-state index contributed by atoms with van der Waals surface area (Å²) >= 11 is 3.56. The summed E-state index contributed by atoms with van der Waals surface area (Å²) in [5, 5.41) is 3.64. The third-order valence-corrected chi connectivity index (χ3v) is 4.15. The smallest absolute Gasteiger partial charge is 0.122 e. The van der Waals surface area contributed by atoms with Crippen molar-refractivity contribution in [1.29, 1.82) is 0 Å². The molecule has 0 radical (unpaired) electrons. The number of nitrogens with one attached hydrogen (secondary N) is 1. The van der Waals surface area contributed by atoms with Crippen molar-refractivity contribution in [2.75, 3.05) is 31.6 Å². The van der Waals surface area contributed by atoms with Crippen molar-refractivity contribution in [3.05, 3.63) is 22.7 Å². The summed E-state index contributed by atoms with van der Waals surface area (Å²) in [6, 6.07) is 6.84. The molecule has 1 unspecified atom stereocenters. The number of benzene rings is 1. The van der Waals surface area contributed by atoms with Gasteiger partial charge < -0.3 is 15.0 Å². The average Bonchev–Trinajstić information content (AvgIpc) is 2.63. The van der Waals surface area contributed by atoms with E-state index >= 15 is 0 Å². The van der Waals surface area contributed by atoms with E-state index in [1.165, 1.54) is 12.1 Å². The first kappa shape index (κ1) is 14.7. The summed E-state index contributed by atoms with van der Waals surface area (Å²) < 4.78 is 6.43. The Hall–Kier alpha value is -0.740. The van der Waals surface area contributed by atoms with Crippen molar-refractivity contribution < 1.29 is 4.74 Å². The van der Waals surface area contributed by atoms with Gasteiger partial charge in [-0.3, -0.25) is 0 Å². The van der Waals surface area contributed by atoms with Crippen LogP contribution in [0.1, 0.15) is 20.3 Å². The van der Waals surface area contributed by atoms with Crippen LogP contribution in [0.25, 0.3) is 0 Å². The predicted octanol–water partition coefficient (Wildman–Crippen LogP) is 3.28. The Kier molecular flexibility index (Phi) is 5.11. The molecule has 1 N–H and O–H groups in total. The minimum absolute atomic E-state index is 0.549. The molecule has 1 aliphatic heterocycles. The lowest BCUT2D eigenvalue weighted by Crippen LogP contribution is -2.41. The molecule has 0 amide bonds. The maximum atomic E-state index is 5.36. The summed E-state index contributed by atoms with van der Waals surface area (Å²) in [4.78, 5) is 2.46. The molecule has 1 aromatic carbocycles. The van der Waals surface area contributed by atoms with Gasteiger partial charge in [0.2, 0.25) is 0 Å². The van der Waals surface area contributed by atoms with Crippen molar-refractivity contribution in [1.82, 2.24) is 5.32 Å². The Labute approximate surface area is 124 Å². The third kappa shape index (κ3) is 3.86. The lowest BCUT2D eigenvalue weighted by molar-refractivity contribution is 0.413. The van der Waals surface area contributed by atoms with Gasteiger partial charge in [0.05, 0.1) is 7.11 Å². The fourth-order valence-corrected chi connectivity index (χ4v) is 2.94. The maximum absolute atomic E-state index is 5.36. The Balaban J connectivity index is 2.21. The molecule has 0 aliphatic carbocycles. The van der Waals surface area contributed by atoms with Crippen LogP contribution in [-0.2, 0) is 0 Å². The molecular formula is C15H23BrN2O. The topological polar surface area (TPSA) is 24.5 Å². The zero-order chi connectivity index (χ0) is 13.8. The molecule has 19 heavy (non-hydrogen) atoms. The van der Waals surface area contributed by atoms with Crippen LogP contribution in [0.3, 0.4) is 0 Å². The maximum Gasteiger partial charge on any atom is 0.122 e. The highest BCUT2D eigenvalue weighted by atomic mass is 79.9. The quantitative estimate of drug-likeness (QED) is 0.922. The largest absolute Gasteiger partial charge is 0.497 e. The second-order valence-electron chi connectivity index (χ2n) is 5.45. The van der Waals surface area contributed by atoms with Gasteiger partial charge in [-0.05, 0) is 31.0 Å². The van der Waals surface area contributed by atoms with E-state index in [4.69, 9.17) is 4.74 Å². The molecule has 3 nitrogen and oxygen atoms in total. The average molecular weight is 327 g/mol. The number of halogens is 1. The summed E-state index contributed by atoms with van der Waals surface area (Å²) in [5.41, 5.74) is 1.24. The molecule has 1 heterocycles. The summed E-state index contributed by atoms with van der Waals surface area (Å²) in [6.07, 6.45) is 1.18. The number of anilines is 1. The van der Waals surface area contributed by atoms with Gasteiger partial charge in [-0.15, -0.1) is 0 Å². The lowest BCUT2D eigenvalue weighted by Gasteiger charge is -2.29. The van der Waals surface area contributed by atoms with E-state index < -0.39 is 0 Å². The molecule has 0 bridgehead atoms. The van der Waals surface area contributed by atoms with E-state index in [0.717, 1.165) is 29.9 Å². The molecule has 0 spiro atoms. The Bertz CT molecular complexity index is 423. The van der Waals surface area contributed by atoms with Crippen LogP contribution in [-0.4, -0.2) is 32.8 Å². The molecule has 0 aromatic heterocycles. The molecule has 1 atom stereocenters. The molecule has 106 valence electrons. The van der Waals surface area contributed by atoms with Gasteiger partial charge in [0.1, 0.15) is 5.75 Å². The van der Waals surface area contributed by atoms with E-state index in [-0.39, 0.29) is 0 Å². The van der Waals surface area contributed by atoms with Gasteiger partial charge in [-0.25, -0.2) is 0 Å². The van der Waals surface area contributed by atoms with Crippen molar-refractivity contribution in [3.8, 4) is 5.75 Å². The zero-order valence-corrected chi connectivity index (χ0v) is 13.5. The molecular weight excluding hydrogens is 304 g/mol. The monoisotopic (exact) mass is 326 g/mol.